The number of cyclic esters (lactones) is 1. The van der Waals surface area contributed by atoms with E-state index in [-0.39, 0.29) is 5.97 Å². The van der Waals surface area contributed by atoms with Crippen LogP contribution >= 0.6 is 25.3 Å². The largest absolute Gasteiger partial charge is 0.463 e. The van der Waals surface area contributed by atoms with Gasteiger partial charge in [0.15, 0.2) is 0 Å². The van der Waals surface area contributed by atoms with Gasteiger partial charge in [0.1, 0.15) is 6.61 Å². The lowest BCUT2D eigenvalue weighted by Crippen LogP contribution is -2.19. The fourth-order valence-corrected chi connectivity index (χ4v) is 1.30. The Labute approximate surface area is 71.1 Å². The lowest BCUT2D eigenvalue weighted by molar-refractivity contribution is -0.142. The highest BCUT2D eigenvalue weighted by atomic mass is 32.2. The van der Waals surface area contributed by atoms with Crippen LogP contribution in [0.1, 0.15) is 19.3 Å². The summed E-state index contributed by atoms with van der Waals surface area (Å²) in [5.74, 6) is -0.134. The van der Waals surface area contributed by atoms with Gasteiger partial charge in [-0.25, -0.2) is 0 Å². The number of esters is 1. The molecule has 0 unspecified atom stereocenters. The summed E-state index contributed by atoms with van der Waals surface area (Å²) in [5, 5.41) is 0. The summed E-state index contributed by atoms with van der Waals surface area (Å²) in [4.78, 5) is 10.7. The molecule has 0 spiro atoms. The minimum Gasteiger partial charge on any atom is -0.463 e. The molecule has 0 radical (unpaired) electrons. The fraction of sp³-hybridized carbons (Fsp3) is 0.833. The molecule has 0 aromatic carbocycles. The molecule has 0 amide bonds. The van der Waals surface area contributed by atoms with Crippen LogP contribution < -0.4 is 0 Å². The Morgan fingerprint density at radius 3 is 2.90 bits per heavy atom. The van der Waals surface area contributed by atoms with Crippen molar-refractivity contribution in [3.8, 4) is 0 Å². The highest BCUT2D eigenvalue weighted by Crippen LogP contribution is 2.29. The molecule has 58 valence electrons. The molecule has 1 aliphatic heterocycles. The first-order valence-electron chi connectivity index (χ1n) is 3.20. The van der Waals surface area contributed by atoms with Crippen molar-refractivity contribution in [1.82, 2.24) is 0 Å². The SMILES string of the molecule is O=C1CCCC(S)(S)CO1. The zero-order chi connectivity index (χ0) is 7.61. The van der Waals surface area contributed by atoms with Crippen molar-refractivity contribution >= 4 is 31.2 Å². The normalized spacial score (nSPS) is 25.2. The zero-order valence-electron chi connectivity index (χ0n) is 5.54. The predicted molar refractivity (Wildman–Crippen MR) is 45.5 cm³/mol. The first kappa shape index (κ1) is 8.27. The van der Waals surface area contributed by atoms with Crippen LogP contribution in [-0.4, -0.2) is 16.7 Å². The number of hydrogen-bond acceptors (Lipinski definition) is 4. The molecule has 1 aliphatic rings. The van der Waals surface area contributed by atoms with Gasteiger partial charge in [0, 0.05) is 6.42 Å². The van der Waals surface area contributed by atoms with E-state index in [1.165, 1.54) is 0 Å². The predicted octanol–water partition coefficient (Wildman–Crippen LogP) is 1.27. The summed E-state index contributed by atoms with van der Waals surface area (Å²) in [6.07, 6.45) is 2.15. The smallest absolute Gasteiger partial charge is 0.305 e. The Kier molecular flexibility index (Phi) is 2.52. The standard InChI is InChI=1S/C6H10O2S2/c7-5-2-1-3-6(9,10)4-8-5/h9-10H,1-4H2. The average molecular weight is 178 g/mol. The number of carbonyl (C=O) groups excluding carboxylic acids is 1. The van der Waals surface area contributed by atoms with E-state index in [2.05, 4.69) is 25.3 Å². The van der Waals surface area contributed by atoms with E-state index >= 15 is 0 Å². The molecular formula is C6H10O2S2. The molecule has 0 bridgehead atoms. The Morgan fingerprint density at radius 1 is 1.50 bits per heavy atom. The van der Waals surface area contributed by atoms with Crippen LogP contribution in [0, 0.1) is 0 Å². The Morgan fingerprint density at radius 2 is 2.20 bits per heavy atom. The number of rotatable bonds is 0. The lowest BCUT2D eigenvalue weighted by atomic mass is 10.2. The van der Waals surface area contributed by atoms with Gasteiger partial charge in [-0.05, 0) is 12.8 Å². The maximum Gasteiger partial charge on any atom is 0.305 e. The molecule has 1 heterocycles. The lowest BCUT2D eigenvalue weighted by Gasteiger charge is -2.17. The van der Waals surface area contributed by atoms with Gasteiger partial charge in [0.25, 0.3) is 0 Å². The summed E-state index contributed by atoms with van der Waals surface area (Å²) in [6.45, 7) is 0.318. The third-order valence-corrected chi connectivity index (χ3v) is 2.13. The second-order valence-corrected chi connectivity index (χ2v) is 4.56. The summed E-state index contributed by atoms with van der Waals surface area (Å²) < 4.78 is 4.42. The van der Waals surface area contributed by atoms with E-state index < -0.39 is 4.08 Å². The third kappa shape index (κ3) is 2.42. The van der Waals surface area contributed by atoms with Gasteiger partial charge < -0.3 is 4.74 Å². The van der Waals surface area contributed by atoms with E-state index in [9.17, 15) is 4.79 Å². The van der Waals surface area contributed by atoms with Crippen LogP contribution in [0.15, 0.2) is 0 Å². The van der Waals surface area contributed by atoms with Crippen molar-refractivity contribution in [2.45, 2.75) is 23.3 Å². The van der Waals surface area contributed by atoms with Gasteiger partial charge in [0.2, 0.25) is 0 Å². The van der Waals surface area contributed by atoms with Gasteiger partial charge in [-0.2, -0.15) is 25.3 Å². The zero-order valence-corrected chi connectivity index (χ0v) is 7.33. The monoisotopic (exact) mass is 178 g/mol. The van der Waals surface area contributed by atoms with Crippen LogP contribution in [0.25, 0.3) is 0 Å². The first-order chi connectivity index (χ1) is 4.60. The number of thiol groups is 2. The van der Waals surface area contributed by atoms with Gasteiger partial charge in [-0.15, -0.1) is 0 Å². The highest BCUT2D eigenvalue weighted by molar-refractivity contribution is 8.00. The molecule has 0 N–H and O–H groups in total. The van der Waals surface area contributed by atoms with Gasteiger partial charge in [-0.1, -0.05) is 0 Å². The van der Waals surface area contributed by atoms with Crippen LogP contribution in [0.5, 0.6) is 0 Å². The van der Waals surface area contributed by atoms with E-state index in [0.29, 0.717) is 13.0 Å². The van der Waals surface area contributed by atoms with Gasteiger partial charge in [-0.3, -0.25) is 4.79 Å². The average Bonchev–Trinajstić information content (AvgIpc) is 1.94. The van der Waals surface area contributed by atoms with Crippen LogP contribution in [0.4, 0.5) is 0 Å². The Hall–Kier alpha value is 0.170. The molecule has 4 heteroatoms. The van der Waals surface area contributed by atoms with E-state index in [0.717, 1.165) is 12.8 Å². The fourth-order valence-electron chi connectivity index (χ4n) is 0.856. The summed E-state index contributed by atoms with van der Waals surface area (Å²) in [5.41, 5.74) is 0. The third-order valence-electron chi connectivity index (χ3n) is 1.42. The minimum absolute atomic E-state index is 0.134. The number of carbonyl (C=O) groups is 1. The molecule has 1 fully saturated rings. The molecular weight excluding hydrogens is 168 g/mol. The van der Waals surface area contributed by atoms with Crippen LogP contribution in [0.3, 0.4) is 0 Å². The van der Waals surface area contributed by atoms with Crippen molar-refractivity contribution in [1.29, 1.82) is 0 Å². The summed E-state index contributed by atoms with van der Waals surface area (Å²) in [7, 11) is 0. The van der Waals surface area contributed by atoms with Gasteiger partial charge in [0.05, 0.1) is 4.08 Å². The van der Waals surface area contributed by atoms with Crippen molar-refractivity contribution in [2.24, 2.45) is 0 Å². The van der Waals surface area contributed by atoms with E-state index in [1.807, 2.05) is 0 Å². The van der Waals surface area contributed by atoms with E-state index in [1.54, 1.807) is 0 Å². The summed E-state index contributed by atoms with van der Waals surface area (Å²) in [6, 6.07) is 0. The van der Waals surface area contributed by atoms with Crippen LogP contribution in [-0.2, 0) is 9.53 Å². The van der Waals surface area contributed by atoms with Crippen molar-refractivity contribution in [3.05, 3.63) is 0 Å². The molecule has 10 heavy (non-hydrogen) atoms. The quantitative estimate of drug-likeness (QED) is 0.332. The highest BCUT2D eigenvalue weighted by Gasteiger charge is 2.25. The van der Waals surface area contributed by atoms with Crippen molar-refractivity contribution < 1.29 is 9.53 Å². The van der Waals surface area contributed by atoms with Crippen molar-refractivity contribution in [2.75, 3.05) is 6.61 Å². The molecule has 0 aromatic heterocycles. The Balaban J connectivity index is 2.48. The molecule has 0 atom stereocenters. The summed E-state index contributed by atoms with van der Waals surface area (Å²) >= 11 is 8.43. The van der Waals surface area contributed by atoms with Crippen molar-refractivity contribution in [3.63, 3.8) is 0 Å². The Bertz CT molecular complexity index is 145. The number of hydrogen-bond donors (Lipinski definition) is 2. The molecule has 1 saturated heterocycles. The minimum atomic E-state index is -0.411. The first-order valence-corrected chi connectivity index (χ1v) is 4.10. The molecule has 0 saturated carbocycles. The molecule has 1 rings (SSSR count). The van der Waals surface area contributed by atoms with E-state index in [4.69, 9.17) is 4.74 Å². The maximum absolute atomic E-state index is 10.7. The maximum atomic E-state index is 10.7. The topological polar surface area (TPSA) is 26.3 Å². The van der Waals surface area contributed by atoms with Gasteiger partial charge >= 0.3 is 5.97 Å². The molecule has 0 aromatic rings. The molecule has 2 nitrogen and oxygen atoms in total. The molecule has 0 aliphatic carbocycles. The second kappa shape index (κ2) is 3.05. The second-order valence-electron chi connectivity index (χ2n) is 2.50. The van der Waals surface area contributed by atoms with Crippen LogP contribution in [0.2, 0.25) is 0 Å². The number of ether oxygens (including phenoxy) is 1.